The third kappa shape index (κ3) is 4.82. The molecule has 2 aromatic rings. The number of fused-ring (bicyclic) bond motifs is 1. The number of rotatable bonds is 10. The van der Waals surface area contributed by atoms with E-state index in [0.717, 1.165) is 16.7 Å². The fourth-order valence-corrected chi connectivity index (χ4v) is 3.85. The van der Waals surface area contributed by atoms with Crippen molar-refractivity contribution in [2.45, 2.75) is 51.6 Å². The highest BCUT2D eigenvalue weighted by atomic mass is 16.6. The molecule has 2 atom stereocenters. The van der Waals surface area contributed by atoms with Gasteiger partial charge in [-0.05, 0) is 25.0 Å². The standard InChI is InChI=1S/C24H26O7/c1-3-28-22(25)10-9-19-21(31-19)12-17-20(27-2)11-16-18(14-30-24(16)26)23(17)29-13-15-7-5-4-6-8-15/h4-8,11,19,21H,3,9-10,12-14H2,1-2H3/t19-,21-/m0/s1. The van der Waals surface area contributed by atoms with Crippen molar-refractivity contribution < 1.29 is 33.3 Å². The molecule has 0 saturated carbocycles. The molecule has 2 aliphatic heterocycles. The van der Waals surface area contributed by atoms with Crippen LogP contribution in [0.3, 0.4) is 0 Å². The lowest BCUT2D eigenvalue weighted by atomic mass is 9.98. The van der Waals surface area contributed by atoms with Gasteiger partial charge in [0.25, 0.3) is 0 Å². The average Bonchev–Trinajstić information content (AvgIpc) is 3.43. The van der Waals surface area contributed by atoms with E-state index in [1.807, 2.05) is 30.3 Å². The number of ether oxygens (including phenoxy) is 5. The molecular formula is C24H26O7. The van der Waals surface area contributed by atoms with Crippen molar-refractivity contribution >= 4 is 11.9 Å². The van der Waals surface area contributed by atoms with E-state index in [0.29, 0.717) is 49.5 Å². The maximum atomic E-state index is 12.2. The molecular weight excluding hydrogens is 400 g/mol. The zero-order chi connectivity index (χ0) is 21.8. The van der Waals surface area contributed by atoms with Crippen LogP contribution < -0.4 is 9.47 Å². The Morgan fingerprint density at radius 3 is 2.74 bits per heavy atom. The third-order valence-electron chi connectivity index (χ3n) is 5.49. The summed E-state index contributed by atoms with van der Waals surface area (Å²) < 4.78 is 27.8. The molecule has 0 aliphatic carbocycles. The summed E-state index contributed by atoms with van der Waals surface area (Å²) in [4.78, 5) is 23.8. The molecule has 0 amide bonds. The number of epoxide rings is 1. The zero-order valence-corrected chi connectivity index (χ0v) is 17.7. The molecule has 0 spiro atoms. The number of cyclic esters (lactones) is 1. The second-order valence-corrected chi connectivity index (χ2v) is 7.52. The summed E-state index contributed by atoms with van der Waals surface area (Å²) in [7, 11) is 1.57. The van der Waals surface area contributed by atoms with Crippen LogP contribution in [0.1, 0.15) is 46.8 Å². The van der Waals surface area contributed by atoms with Crippen molar-refractivity contribution in [2.75, 3.05) is 13.7 Å². The monoisotopic (exact) mass is 426 g/mol. The van der Waals surface area contributed by atoms with E-state index >= 15 is 0 Å². The Labute approximate surface area is 181 Å². The van der Waals surface area contributed by atoms with Crippen LogP contribution in [0.15, 0.2) is 36.4 Å². The first-order chi connectivity index (χ1) is 15.1. The molecule has 7 heteroatoms. The van der Waals surface area contributed by atoms with Crippen LogP contribution in [-0.4, -0.2) is 37.9 Å². The minimum atomic E-state index is -0.376. The summed E-state index contributed by atoms with van der Waals surface area (Å²) in [6.07, 6.45) is 1.44. The van der Waals surface area contributed by atoms with E-state index in [1.165, 1.54) is 0 Å². The molecule has 164 valence electrons. The molecule has 0 unspecified atom stereocenters. The topological polar surface area (TPSA) is 83.6 Å². The van der Waals surface area contributed by atoms with Crippen molar-refractivity contribution in [2.24, 2.45) is 0 Å². The summed E-state index contributed by atoms with van der Waals surface area (Å²) in [5, 5.41) is 0. The van der Waals surface area contributed by atoms with E-state index in [4.69, 9.17) is 23.7 Å². The second kappa shape index (κ2) is 9.39. The average molecular weight is 426 g/mol. The lowest BCUT2D eigenvalue weighted by Crippen LogP contribution is -2.10. The maximum absolute atomic E-state index is 12.2. The van der Waals surface area contributed by atoms with Crippen molar-refractivity contribution in [1.82, 2.24) is 0 Å². The Bertz CT molecular complexity index is 954. The number of esters is 2. The molecule has 0 bridgehead atoms. The predicted octanol–water partition coefficient (Wildman–Crippen LogP) is 3.60. The highest BCUT2D eigenvalue weighted by Gasteiger charge is 2.41. The molecule has 31 heavy (non-hydrogen) atoms. The van der Waals surface area contributed by atoms with Crippen LogP contribution in [0.4, 0.5) is 0 Å². The molecule has 2 aliphatic rings. The van der Waals surface area contributed by atoms with E-state index < -0.39 is 0 Å². The van der Waals surface area contributed by atoms with E-state index in [9.17, 15) is 9.59 Å². The van der Waals surface area contributed by atoms with Gasteiger partial charge in [-0.1, -0.05) is 30.3 Å². The summed E-state index contributed by atoms with van der Waals surface area (Å²) in [6, 6.07) is 11.5. The SMILES string of the molecule is CCOC(=O)CC[C@@H]1O[C@H]1Cc1c(OC)cc2c(c1OCc1ccccc1)COC2=O. The van der Waals surface area contributed by atoms with E-state index in [2.05, 4.69) is 0 Å². The molecule has 2 heterocycles. The smallest absolute Gasteiger partial charge is 0.339 e. The van der Waals surface area contributed by atoms with Gasteiger partial charge in [-0.3, -0.25) is 4.79 Å². The molecule has 0 aromatic heterocycles. The minimum Gasteiger partial charge on any atom is -0.496 e. The third-order valence-corrected chi connectivity index (χ3v) is 5.49. The zero-order valence-electron chi connectivity index (χ0n) is 17.7. The lowest BCUT2D eigenvalue weighted by Gasteiger charge is -2.17. The van der Waals surface area contributed by atoms with E-state index in [-0.39, 0.29) is 30.8 Å². The van der Waals surface area contributed by atoms with E-state index in [1.54, 1.807) is 20.1 Å². The van der Waals surface area contributed by atoms with Crippen LogP contribution in [0.25, 0.3) is 0 Å². The minimum absolute atomic E-state index is 0.0118. The molecule has 4 rings (SSSR count). The molecule has 1 fully saturated rings. The molecule has 1 saturated heterocycles. The first-order valence-electron chi connectivity index (χ1n) is 10.5. The van der Waals surface area contributed by atoms with Crippen LogP contribution in [-0.2, 0) is 38.6 Å². The normalized spacial score (nSPS) is 18.8. The number of carbonyl (C=O) groups excluding carboxylic acids is 2. The van der Waals surface area contributed by atoms with Gasteiger partial charge in [0.05, 0.1) is 31.5 Å². The predicted molar refractivity (Wildman–Crippen MR) is 111 cm³/mol. The van der Waals surface area contributed by atoms with Crippen LogP contribution >= 0.6 is 0 Å². The van der Waals surface area contributed by atoms with Crippen molar-refractivity contribution in [3.63, 3.8) is 0 Å². The van der Waals surface area contributed by atoms with Crippen LogP contribution in [0, 0.1) is 0 Å². The quantitative estimate of drug-likeness (QED) is 0.424. The number of hydrogen-bond acceptors (Lipinski definition) is 7. The maximum Gasteiger partial charge on any atom is 0.339 e. The van der Waals surface area contributed by atoms with Gasteiger partial charge in [0.1, 0.15) is 24.7 Å². The molecule has 2 aromatic carbocycles. The van der Waals surface area contributed by atoms with Gasteiger partial charge < -0.3 is 23.7 Å². The Morgan fingerprint density at radius 2 is 2.00 bits per heavy atom. The summed E-state index contributed by atoms with van der Waals surface area (Å²) in [6.45, 7) is 2.70. The Hall–Kier alpha value is -3.06. The lowest BCUT2D eigenvalue weighted by molar-refractivity contribution is -0.143. The summed E-state index contributed by atoms with van der Waals surface area (Å²) >= 11 is 0. The van der Waals surface area contributed by atoms with Gasteiger partial charge in [0.15, 0.2) is 0 Å². The fraction of sp³-hybridized carbons (Fsp3) is 0.417. The first-order valence-corrected chi connectivity index (χ1v) is 10.5. The number of carbonyl (C=O) groups is 2. The van der Waals surface area contributed by atoms with Crippen molar-refractivity contribution in [3.05, 3.63) is 58.7 Å². The number of hydrogen-bond donors (Lipinski definition) is 0. The second-order valence-electron chi connectivity index (χ2n) is 7.52. The van der Waals surface area contributed by atoms with Gasteiger partial charge in [-0.25, -0.2) is 4.79 Å². The van der Waals surface area contributed by atoms with Crippen molar-refractivity contribution in [1.29, 1.82) is 0 Å². The molecule has 7 nitrogen and oxygen atoms in total. The van der Waals surface area contributed by atoms with Gasteiger partial charge in [0.2, 0.25) is 0 Å². The van der Waals surface area contributed by atoms with Gasteiger partial charge in [0, 0.05) is 24.0 Å². The molecule has 0 radical (unpaired) electrons. The molecule has 0 N–H and O–H groups in total. The highest BCUT2D eigenvalue weighted by Crippen LogP contribution is 2.42. The van der Waals surface area contributed by atoms with Crippen LogP contribution in [0.5, 0.6) is 11.5 Å². The largest absolute Gasteiger partial charge is 0.496 e. The Balaban J connectivity index is 1.53. The number of methoxy groups -OCH3 is 1. The highest BCUT2D eigenvalue weighted by molar-refractivity contribution is 5.95. The Morgan fingerprint density at radius 1 is 1.19 bits per heavy atom. The Kier molecular flexibility index (Phi) is 6.42. The van der Waals surface area contributed by atoms with Gasteiger partial charge in [-0.2, -0.15) is 0 Å². The fourth-order valence-electron chi connectivity index (χ4n) is 3.85. The van der Waals surface area contributed by atoms with Crippen molar-refractivity contribution in [3.8, 4) is 11.5 Å². The first kappa shape index (κ1) is 21.2. The number of benzene rings is 2. The summed E-state index contributed by atoms with van der Waals surface area (Å²) in [5.41, 5.74) is 3.07. The van der Waals surface area contributed by atoms with Crippen LogP contribution in [0.2, 0.25) is 0 Å². The summed E-state index contributed by atoms with van der Waals surface area (Å²) in [5.74, 6) is 0.595. The van der Waals surface area contributed by atoms with Gasteiger partial charge in [-0.15, -0.1) is 0 Å². The van der Waals surface area contributed by atoms with Gasteiger partial charge >= 0.3 is 11.9 Å².